The maximum atomic E-state index is 11.7. The zero-order valence-electron chi connectivity index (χ0n) is 12.9. The van der Waals surface area contributed by atoms with Crippen molar-refractivity contribution >= 4 is 5.91 Å². The van der Waals surface area contributed by atoms with Gasteiger partial charge < -0.3 is 15.0 Å². The molecule has 1 atom stereocenters. The number of amides is 1. The van der Waals surface area contributed by atoms with Crippen LogP contribution in [0.25, 0.3) is 0 Å². The fourth-order valence-corrected chi connectivity index (χ4v) is 2.95. The van der Waals surface area contributed by atoms with E-state index in [1.54, 1.807) is 4.90 Å². The Hall–Kier alpha value is -0.650. The highest BCUT2D eigenvalue weighted by molar-refractivity contribution is 5.77. The highest BCUT2D eigenvalue weighted by Crippen LogP contribution is 2.15. The standard InChI is InChI=1S/C15H29N3O2/c1-17(2)15(19)12-18-9-6-13(7-10-18)16-8-5-14-4-3-11-20-14/h13-14,16H,3-12H2,1-2H3. The topological polar surface area (TPSA) is 44.8 Å². The van der Waals surface area contributed by atoms with E-state index in [2.05, 4.69) is 10.2 Å². The van der Waals surface area contributed by atoms with Gasteiger partial charge in [0.05, 0.1) is 12.6 Å². The van der Waals surface area contributed by atoms with Crippen LogP contribution in [0.15, 0.2) is 0 Å². The molecule has 1 unspecified atom stereocenters. The number of piperidine rings is 1. The summed E-state index contributed by atoms with van der Waals surface area (Å²) in [4.78, 5) is 15.6. The van der Waals surface area contributed by atoms with Crippen molar-refractivity contribution in [3.8, 4) is 0 Å². The van der Waals surface area contributed by atoms with E-state index in [4.69, 9.17) is 4.74 Å². The zero-order chi connectivity index (χ0) is 14.4. The molecular weight excluding hydrogens is 254 g/mol. The first kappa shape index (κ1) is 15.7. The van der Waals surface area contributed by atoms with Crippen LogP contribution in [-0.2, 0) is 9.53 Å². The average molecular weight is 283 g/mol. The lowest BCUT2D eigenvalue weighted by molar-refractivity contribution is -0.130. The van der Waals surface area contributed by atoms with E-state index in [0.29, 0.717) is 18.7 Å². The number of carbonyl (C=O) groups excluding carboxylic acids is 1. The van der Waals surface area contributed by atoms with Crippen molar-refractivity contribution in [3.63, 3.8) is 0 Å². The van der Waals surface area contributed by atoms with Crippen molar-refractivity contribution in [1.29, 1.82) is 0 Å². The van der Waals surface area contributed by atoms with Crippen LogP contribution in [0.4, 0.5) is 0 Å². The summed E-state index contributed by atoms with van der Waals surface area (Å²) in [7, 11) is 3.64. The van der Waals surface area contributed by atoms with Crippen molar-refractivity contribution in [2.24, 2.45) is 0 Å². The number of likely N-dealkylation sites (tertiary alicyclic amines) is 1. The van der Waals surface area contributed by atoms with Gasteiger partial charge in [0, 0.05) is 39.8 Å². The Morgan fingerprint density at radius 1 is 1.30 bits per heavy atom. The van der Waals surface area contributed by atoms with Crippen LogP contribution in [0.5, 0.6) is 0 Å². The van der Waals surface area contributed by atoms with Gasteiger partial charge in [-0.2, -0.15) is 0 Å². The Labute approximate surface area is 122 Å². The van der Waals surface area contributed by atoms with Gasteiger partial charge in [-0.3, -0.25) is 9.69 Å². The number of likely N-dealkylation sites (N-methyl/N-ethyl adjacent to an activating group) is 1. The molecule has 0 aromatic carbocycles. The van der Waals surface area contributed by atoms with Gasteiger partial charge in [0.25, 0.3) is 0 Å². The summed E-state index contributed by atoms with van der Waals surface area (Å²) in [5.41, 5.74) is 0. The largest absolute Gasteiger partial charge is 0.378 e. The number of hydrogen-bond acceptors (Lipinski definition) is 4. The van der Waals surface area contributed by atoms with Crippen LogP contribution in [0.3, 0.4) is 0 Å². The Bertz CT molecular complexity index is 295. The number of nitrogens with one attached hydrogen (secondary N) is 1. The van der Waals surface area contributed by atoms with Gasteiger partial charge in [-0.15, -0.1) is 0 Å². The van der Waals surface area contributed by atoms with Crippen molar-refractivity contribution in [2.45, 2.75) is 44.2 Å². The molecule has 0 saturated carbocycles. The Morgan fingerprint density at radius 2 is 2.05 bits per heavy atom. The molecule has 20 heavy (non-hydrogen) atoms. The van der Waals surface area contributed by atoms with Gasteiger partial charge in [-0.1, -0.05) is 0 Å². The fraction of sp³-hybridized carbons (Fsp3) is 0.933. The second kappa shape index (κ2) is 7.96. The van der Waals surface area contributed by atoms with Crippen LogP contribution in [-0.4, -0.2) is 74.7 Å². The average Bonchev–Trinajstić information content (AvgIpc) is 2.94. The van der Waals surface area contributed by atoms with Gasteiger partial charge in [0.15, 0.2) is 0 Å². The Morgan fingerprint density at radius 3 is 2.65 bits per heavy atom. The summed E-state index contributed by atoms with van der Waals surface area (Å²) >= 11 is 0. The lowest BCUT2D eigenvalue weighted by Gasteiger charge is -2.32. The van der Waals surface area contributed by atoms with E-state index in [1.807, 2.05) is 14.1 Å². The van der Waals surface area contributed by atoms with E-state index in [1.165, 1.54) is 12.8 Å². The van der Waals surface area contributed by atoms with Gasteiger partial charge in [-0.25, -0.2) is 0 Å². The molecule has 1 amide bonds. The van der Waals surface area contributed by atoms with Gasteiger partial charge >= 0.3 is 0 Å². The molecule has 5 nitrogen and oxygen atoms in total. The fourth-order valence-electron chi connectivity index (χ4n) is 2.95. The van der Waals surface area contributed by atoms with Crippen LogP contribution >= 0.6 is 0 Å². The van der Waals surface area contributed by atoms with Crippen LogP contribution in [0.2, 0.25) is 0 Å². The molecule has 1 N–H and O–H groups in total. The summed E-state index contributed by atoms with van der Waals surface area (Å²) in [5, 5.41) is 3.64. The molecule has 0 spiro atoms. The van der Waals surface area contributed by atoms with Crippen molar-refractivity contribution in [2.75, 3.05) is 46.9 Å². The summed E-state index contributed by atoms with van der Waals surface area (Å²) < 4.78 is 5.64. The minimum Gasteiger partial charge on any atom is -0.378 e. The smallest absolute Gasteiger partial charge is 0.236 e. The third kappa shape index (κ3) is 5.04. The predicted molar refractivity (Wildman–Crippen MR) is 79.7 cm³/mol. The number of hydrogen-bond donors (Lipinski definition) is 1. The lowest BCUT2D eigenvalue weighted by Crippen LogP contribution is -2.46. The molecule has 2 heterocycles. The molecule has 2 aliphatic heterocycles. The van der Waals surface area contributed by atoms with Gasteiger partial charge in [0.1, 0.15) is 0 Å². The van der Waals surface area contributed by atoms with E-state index < -0.39 is 0 Å². The Balaban J connectivity index is 1.55. The minimum atomic E-state index is 0.204. The van der Waals surface area contributed by atoms with Crippen LogP contribution in [0.1, 0.15) is 32.1 Å². The number of carbonyl (C=O) groups is 1. The minimum absolute atomic E-state index is 0.204. The van der Waals surface area contributed by atoms with Crippen LogP contribution in [0, 0.1) is 0 Å². The first-order chi connectivity index (χ1) is 9.65. The third-order valence-electron chi connectivity index (χ3n) is 4.37. The summed E-state index contributed by atoms with van der Waals surface area (Å²) in [5.74, 6) is 0.204. The molecule has 0 aromatic heterocycles. The molecule has 0 bridgehead atoms. The predicted octanol–water partition coefficient (Wildman–Crippen LogP) is 0.698. The lowest BCUT2D eigenvalue weighted by atomic mass is 10.0. The quantitative estimate of drug-likeness (QED) is 0.779. The first-order valence-corrected chi connectivity index (χ1v) is 7.92. The van der Waals surface area contributed by atoms with Crippen molar-refractivity contribution in [3.05, 3.63) is 0 Å². The normalized spacial score (nSPS) is 25.0. The van der Waals surface area contributed by atoms with Crippen molar-refractivity contribution < 1.29 is 9.53 Å². The molecule has 0 aromatic rings. The summed E-state index contributed by atoms with van der Waals surface area (Å²) in [6.07, 6.45) is 6.37. The number of nitrogens with zero attached hydrogens (tertiary/aromatic N) is 2. The summed E-state index contributed by atoms with van der Waals surface area (Å²) in [6, 6.07) is 0.613. The van der Waals surface area contributed by atoms with Crippen LogP contribution < -0.4 is 5.32 Å². The second-order valence-electron chi connectivity index (χ2n) is 6.22. The van der Waals surface area contributed by atoms with E-state index >= 15 is 0 Å². The zero-order valence-corrected chi connectivity index (χ0v) is 12.9. The first-order valence-electron chi connectivity index (χ1n) is 7.92. The number of ether oxygens (including phenoxy) is 1. The molecule has 2 saturated heterocycles. The van der Waals surface area contributed by atoms with Gasteiger partial charge in [0.2, 0.25) is 5.91 Å². The van der Waals surface area contributed by atoms with Crippen molar-refractivity contribution in [1.82, 2.24) is 15.1 Å². The molecule has 0 aliphatic carbocycles. The maximum absolute atomic E-state index is 11.7. The maximum Gasteiger partial charge on any atom is 0.236 e. The Kier molecular flexibility index (Phi) is 6.26. The third-order valence-corrected chi connectivity index (χ3v) is 4.37. The molecule has 2 rings (SSSR count). The number of rotatable bonds is 6. The van der Waals surface area contributed by atoms with E-state index in [0.717, 1.165) is 45.5 Å². The molecule has 2 fully saturated rings. The summed E-state index contributed by atoms with van der Waals surface area (Å²) in [6.45, 7) is 4.62. The molecular formula is C15H29N3O2. The van der Waals surface area contributed by atoms with E-state index in [-0.39, 0.29) is 5.91 Å². The van der Waals surface area contributed by atoms with E-state index in [9.17, 15) is 4.79 Å². The highest BCUT2D eigenvalue weighted by Gasteiger charge is 2.21. The molecule has 0 radical (unpaired) electrons. The molecule has 116 valence electrons. The molecule has 5 heteroatoms. The SMILES string of the molecule is CN(C)C(=O)CN1CCC(NCCC2CCCO2)CC1. The highest BCUT2D eigenvalue weighted by atomic mass is 16.5. The monoisotopic (exact) mass is 283 g/mol. The second-order valence-corrected chi connectivity index (χ2v) is 6.22. The van der Waals surface area contributed by atoms with Gasteiger partial charge in [-0.05, 0) is 38.6 Å². The molecule has 2 aliphatic rings.